The Morgan fingerprint density at radius 1 is 1.00 bits per heavy atom. The predicted molar refractivity (Wildman–Crippen MR) is 139 cm³/mol. The summed E-state index contributed by atoms with van der Waals surface area (Å²) < 4.78 is 5.49. The van der Waals surface area contributed by atoms with Crippen LogP contribution in [0.25, 0.3) is 11.3 Å². The Hall–Kier alpha value is -4.06. The molecule has 1 N–H and O–H groups in total. The van der Waals surface area contributed by atoms with Gasteiger partial charge in [0.25, 0.3) is 5.91 Å². The van der Waals surface area contributed by atoms with Gasteiger partial charge in [0, 0.05) is 29.9 Å². The minimum Gasteiger partial charge on any atom is -0.495 e. The molecule has 0 aliphatic carbocycles. The summed E-state index contributed by atoms with van der Waals surface area (Å²) in [6.45, 7) is 8.46. The summed E-state index contributed by atoms with van der Waals surface area (Å²) in [5.41, 5.74) is 7.09. The summed E-state index contributed by atoms with van der Waals surface area (Å²) in [4.78, 5) is 26.2. The van der Waals surface area contributed by atoms with Gasteiger partial charge < -0.3 is 10.1 Å². The van der Waals surface area contributed by atoms with Crippen molar-refractivity contribution in [2.24, 2.45) is 0 Å². The van der Waals surface area contributed by atoms with Gasteiger partial charge in [-0.25, -0.2) is 9.97 Å². The molecule has 0 aliphatic rings. The summed E-state index contributed by atoms with van der Waals surface area (Å²) in [6, 6.07) is 17.4. The molecule has 0 atom stereocenters. The molecule has 2 aromatic heterocycles. The Balaban J connectivity index is 1.63. The molecule has 0 saturated carbocycles. The molecule has 0 bridgehead atoms. The Labute approximate surface area is 206 Å². The molecular formula is C29H30N4O2. The number of anilines is 1. The Morgan fingerprint density at radius 3 is 2.54 bits per heavy atom. The SMILES string of the molecule is COc1ccc(C(C)(C)C)cc1NC(=O)c1ccc(C)c(Cc2ncccc2-c2ccncn2)c1. The molecule has 178 valence electrons. The number of pyridine rings is 1. The van der Waals surface area contributed by atoms with E-state index in [1.165, 1.54) is 6.33 Å². The number of ether oxygens (including phenoxy) is 1. The number of methoxy groups -OCH3 is 1. The largest absolute Gasteiger partial charge is 0.495 e. The molecule has 0 aliphatic heterocycles. The summed E-state index contributed by atoms with van der Waals surface area (Å²) >= 11 is 0. The quantitative estimate of drug-likeness (QED) is 0.377. The third-order valence-corrected chi connectivity index (χ3v) is 6.03. The number of nitrogens with one attached hydrogen (secondary N) is 1. The predicted octanol–water partition coefficient (Wildman–Crippen LogP) is 6.00. The zero-order chi connectivity index (χ0) is 25.0. The molecule has 0 spiro atoms. The monoisotopic (exact) mass is 466 g/mol. The van der Waals surface area contributed by atoms with Crippen molar-refractivity contribution < 1.29 is 9.53 Å². The van der Waals surface area contributed by atoms with E-state index in [0.717, 1.165) is 33.6 Å². The van der Waals surface area contributed by atoms with Crippen LogP contribution in [0.15, 0.2) is 73.3 Å². The number of hydrogen-bond donors (Lipinski definition) is 1. The number of aryl methyl sites for hydroxylation is 1. The van der Waals surface area contributed by atoms with Crippen LogP contribution in [0.2, 0.25) is 0 Å². The van der Waals surface area contributed by atoms with Crippen molar-refractivity contribution in [3.63, 3.8) is 0 Å². The minimum atomic E-state index is -0.187. The first-order chi connectivity index (χ1) is 16.8. The van der Waals surface area contributed by atoms with Crippen LogP contribution < -0.4 is 10.1 Å². The van der Waals surface area contributed by atoms with Crippen molar-refractivity contribution in [1.29, 1.82) is 0 Å². The molecule has 0 fully saturated rings. The van der Waals surface area contributed by atoms with E-state index in [1.54, 1.807) is 19.5 Å². The van der Waals surface area contributed by atoms with Crippen LogP contribution in [0.3, 0.4) is 0 Å². The summed E-state index contributed by atoms with van der Waals surface area (Å²) in [5, 5.41) is 3.04. The van der Waals surface area contributed by atoms with Gasteiger partial charge in [-0.1, -0.05) is 32.9 Å². The summed E-state index contributed by atoms with van der Waals surface area (Å²) in [7, 11) is 1.60. The lowest BCUT2D eigenvalue weighted by Gasteiger charge is -2.21. The molecule has 0 unspecified atom stereocenters. The molecule has 0 radical (unpaired) electrons. The van der Waals surface area contributed by atoms with Gasteiger partial charge in [0.05, 0.1) is 24.2 Å². The summed E-state index contributed by atoms with van der Waals surface area (Å²) in [6.07, 6.45) is 5.61. The number of benzene rings is 2. The second-order valence-corrected chi connectivity index (χ2v) is 9.53. The van der Waals surface area contributed by atoms with Gasteiger partial charge in [0.1, 0.15) is 12.1 Å². The Morgan fingerprint density at radius 2 is 1.83 bits per heavy atom. The van der Waals surface area contributed by atoms with Crippen LogP contribution in [-0.2, 0) is 11.8 Å². The molecule has 6 heteroatoms. The number of nitrogens with zero attached hydrogens (tertiary/aromatic N) is 3. The molecule has 0 saturated heterocycles. The standard InChI is InChI=1S/C29H30N4O2/c1-19-8-9-20(28(34)33-26-17-22(29(2,3)4)10-11-27(26)35-5)15-21(19)16-25-23(7-6-13-31-25)24-12-14-30-18-32-24/h6-15,17-18H,16H2,1-5H3,(H,33,34). The van der Waals surface area contributed by atoms with E-state index in [4.69, 9.17) is 4.74 Å². The first-order valence-electron chi connectivity index (χ1n) is 11.6. The van der Waals surface area contributed by atoms with E-state index in [2.05, 4.69) is 41.0 Å². The van der Waals surface area contributed by atoms with Crippen LogP contribution in [0.4, 0.5) is 5.69 Å². The van der Waals surface area contributed by atoms with Crippen LogP contribution in [-0.4, -0.2) is 28.0 Å². The lowest BCUT2D eigenvalue weighted by atomic mass is 9.87. The molecule has 6 nitrogen and oxygen atoms in total. The van der Waals surface area contributed by atoms with Crippen molar-refractivity contribution in [2.45, 2.75) is 39.5 Å². The van der Waals surface area contributed by atoms with Crippen molar-refractivity contribution in [3.05, 3.63) is 101 Å². The number of hydrogen-bond acceptors (Lipinski definition) is 5. The third-order valence-electron chi connectivity index (χ3n) is 6.03. The number of carbonyl (C=O) groups excluding carboxylic acids is 1. The number of carbonyl (C=O) groups is 1. The highest BCUT2D eigenvalue weighted by molar-refractivity contribution is 6.05. The van der Waals surface area contributed by atoms with E-state index < -0.39 is 0 Å². The maximum Gasteiger partial charge on any atom is 0.255 e. The van der Waals surface area contributed by atoms with Crippen LogP contribution >= 0.6 is 0 Å². The van der Waals surface area contributed by atoms with Crippen molar-refractivity contribution in [3.8, 4) is 17.0 Å². The lowest BCUT2D eigenvalue weighted by Crippen LogP contribution is -2.16. The van der Waals surface area contributed by atoms with Gasteiger partial charge >= 0.3 is 0 Å². The normalized spacial score (nSPS) is 11.2. The van der Waals surface area contributed by atoms with Crippen LogP contribution in [0, 0.1) is 6.92 Å². The second-order valence-electron chi connectivity index (χ2n) is 9.53. The topological polar surface area (TPSA) is 77.0 Å². The minimum absolute atomic E-state index is 0.0488. The van der Waals surface area contributed by atoms with Crippen molar-refractivity contribution in [2.75, 3.05) is 12.4 Å². The summed E-state index contributed by atoms with van der Waals surface area (Å²) in [5.74, 6) is 0.439. The number of rotatable bonds is 6. The fraction of sp³-hybridized carbons (Fsp3) is 0.241. The number of amides is 1. The van der Waals surface area contributed by atoms with E-state index in [-0.39, 0.29) is 11.3 Å². The van der Waals surface area contributed by atoms with Crippen LogP contribution in [0.5, 0.6) is 5.75 Å². The Bertz CT molecular complexity index is 1340. The molecular weight excluding hydrogens is 436 g/mol. The van der Waals surface area contributed by atoms with Gasteiger partial charge in [-0.2, -0.15) is 0 Å². The lowest BCUT2D eigenvalue weighted by molar-refractivity contribution is 0.102. The van der Waals surface area contributed by atoms with Crippen LogP contribution in [0.1, 0.15) is 53.5 Å². The smallest absolute Gasteiger partial charge is 0.255 e. The van der Waals surface area contributed by atoms with Crippen molar-refractivity contribution in [1.82, 2.24) is 15.0 Å². The molecule has 2 heterocycles. The maximum absolute atomic E-state index is 13.2. The second kappa shape index (κ2) is 10.1. The fourth-order valence-corrected chi connectivity index (χ4v) is 3.91. The Kier molecular flexibility index (Phi) is 6.92. The van der Waals surface area contributed by atoms with E-state index in [1.807, 2.05) is 61.5 Å². The van der Waals surface area contributed by atoms with Gasteiger partial charge in [-0.05, 0) is 71.5 Å². The molecule has 4 aromatic rings. The van der Waals surface area contributed by atoms with Crippen molar-refractivity contribution >= 4 is 11.6 Å². The maximum atomic E-state index is 13.2. The molecule has 35 heavy (non-hydrogen) atoms. The highest BCUT2D eigenvalue weighted by Crippen LogP contribution is 2.32. The first kappa shape index (κ1) is 24.1. The molecule has 1 amide bonds. The molecule has 4 rings (SSSR count). The number of aromatic nitrogens is 3. The average Bonchev–Trinajstić information content (AvgIpc) is 2.85. The van der Waals surface area contributed by atoms with E-state index in [0.29, 0.717) is 23.4 Å². The fourth-order valence-electron chi connectivity index (χ4n) is 3.91. The van der Waals surface area contributed by atoms with Gasteiger partial charge in [0.2, 0.25) is 0 Å². The van der Waals surface area contributed by atoms with E-state index in [9.17, 15) is 4.79 Å². The van der Waals surface area contributed by atoms with Gasteiger partial charge in [-0.3, -0.25) is 9.78 Å². The highest BCUT2D eigenvalue weighted by atomic mass is 16.5. The third kappa shape index (κ3) is 5.54. The zero-order valence-electron chi connectivity index (χ0n) is 20.8. The highest BCUT2D eigenvalue weighted by Gasteiger charge is 2.18. The molecule has 2 aromatic carbocycles. The van der Waals surface area contributed by atoms with Gasteiger partial charge in [0.15, 0.2) is 0 Å². The first-order valence-corrected chi connectivity index (χ1v) is 11.6. The van der Waals surface area contributed by atoms with E-state index >= 15 is 0 Å². The zero-order valence-corrected chi connectivity index (χ0v) is 20.8. The average molecular weight is 467 g/mol. The van der Waals surface area contributed by atoms with Gasteiger partial charge in [-0.15, -0.1) is 0 Å².